The number of thiophene rings is 1. The van der Waals surface area contributed by atoms with Crippen molar-refractivity contribution < 1.29 is 14.3 Å². The molecule has 0 bridgehead atoms. The summed E-state index contributed by atoms with van der Waals surface area (Å²) >= 11 is 7.26. The number of hydrogen-bond acceptors (Lipinski definition) is 6. The Balaban J connectivity index is 1.84. The fraction of sp³-hybridized carbons (Fsp3) is 0.263. The van der Waals surface area contributed by atoms with E-state index in [0.717, 1.165) is 11.3 Å². The van der Waals surface area contributed by atoms with Gasteiger partial charge in [0.15, 0.2) is 0 Å². The van der Waals surface area contributed by atoms with Gasteiger partial charge >= 0.3 is 5.97 Å². The number of nitrogens with one attached hydrogen (secondary N) is 1. The van der Waals surface area contributed by atoms with Gasteiger partial charge in [0.1, 0.15) is 11.5 Å². The molecule has 0 saturated heterocycles. The summed E-state index contributed by atoms with van der Waals surface area (Å²) in [5.74, 6) is -0.937. The molecule has 1 N–H and O–H groups in total. The van der Waals surface area contributed by atoms with E-state index in [1.165, 1.54) is 28.3 Å². The van der Waals surface area contributed by atoms with E-state index in [1.54, 1.807) is 25.1 Å². The Morgan fingerprint density at radius 3 is 2.79 bits per heavy atom. The molecule has 1 aromatic carbocycles. The van der Waals surface area contributed by atoms with Crippen molar-refractivity contribution in [3.05, 3.63) is 56.4 Å². The Morgan fingerprint density at radius 2 is 2.07 bits per heavy atom. The number of hydrogen-bond donors (Lipinski definition) is 1. The van der Waals surface area contributed by atoms with Crippen molar-refractivity contribution in [2.45, 2.75) is 26.8 Å². The number of fused-ring (bicyclic) bond motifs is 1. The van der Waals surface area contributed by atoms with E-state index in [9.17, 15) is 14.4 Å². The van der Waals surface area contributed by atoms with Gasteiger partial charge in [0.25, 0.3) is 5.56 Å². The number of halogens is 1. The van der Waals surface area contributed by atoms with E-state index >= 15 is 0 Å². The van der Waals surface area contributed by atoms with Crippen molar-refractivity contribution in [2.24, 2.45) is 0 Å². The summed E-state index contributed by atoms with van der Waals surface area (Å²) in [4.78, 5) is 42.3. The minimum absolute atomic E-state index is 0.240. The molecule has 0 fully saturated rings. The Labute approximate surface area is 169 Å². The molecular weight excluding hydrogens is 402 g/mol. The molecule has 0 aliphatic rings. The number of aromatic nitrogens is 2. The Bertz CT molecular complexity index is 1110. The van der Waals surface area contributed by atoms with E-state index < -0.39 is 11.9 Å². The van der Waals surface area contributed by atoms with Crippen LogP contribution in [0.15, 0.2) is 35.4 Å². The van der Waals surface area contributed by atoms with E-state index in [0.29, 0.717) is 26.5 Å². The zero-order valence-corrected chi connectivity index (χ0v) is 16.9. The summed E-state index contributed by atoms with van der Waals surface area (Å²) in [7, 11) is 0. The molecule has 1 amide bonds. The van der Waals surface area contributed by atoms with Gasteiger partial charge in [-0.1, -0.05) is 18.5 Å². The number of aryl methyl sites for hydroxylation is 1. The molecule has 0 aliphatic heterocycles. The Kier molecular flexibility index (Phi) is 6.11. The number of carbonyl (C=O) groups is 2. The number of ether oxygens (including phenoxy) is 1. The maximum Gasteiger partial charge on any atom is 0.341 e. The van der Waals surface area contributed by atoms with Crippen LogP contribution in [0.25, 0.3) is 10.9 Å². The van der Waals surface area contributed by atoms with Crippen LogP contribution in [-0.4, -0.2) is 28.0 Å². The minimum atomic E-state index is -0.493. The van der Waals surface area contributed by atoms with Gasteiger partial charge in [-0.3, -0.25) is 14.2 Å². The molecule has 0 atom stereocenters. The summed E-state index contributed by atoms with van der Waals surface area (Å²) in [6, 6.07) is 6.52. The predicted molar refractivity (Wildman–Crippen MR) is 109 cm³/mol. The molecule has 0 spiro atoms. The maximum absolute atomic E-state index is 12.6. The largest absolute Gasteiger partial charge is 0.462 e. The summed E-state index contributed by atoms with van der Waals surface area (Å²) in [6.45, 7) is 3.67. The van der Waals surface area contributed by atoms with Crippen LogP contribution in [0, 0.1) is 0 Å². The van der Waals surface area contributed by atoms with E-state index in [4.69, 9.17) is 16.3 Å². The molecule has 2 heterocycles. The van der Waals surface area contributed by atoms with Gasteiger partial charge in [0.2, 0.25) is 5.91 Å². The van der Waals surface area contributed by atoms with Crippen molar-refractivity contribution in [2.75, 3.05) is 11.9 Å². The van der Waals surface area contributed by atoms with Crippen LogP contribution in [0.2, 0.25) is 5.02 Å². The second kappa shape index (κ2) is 8.53. The van der Waals surface area contributed by atoms with Crippen LogP contribution in [0.3, 0.4) is 0 Å². The normalized spacial score (nSPS) is 10.8. The standard InChI is InChI=1S/C19H18ClN3O4S/c1-3-12-8-14(19(26)27-4-2)17(28-12)22-16(24)9-23-10-21-15-6-5-11(20)7-13(15)18(23)25/h5-8,10H,3-4,9H2,1-2H3,(H,22,24). The molecule has 0 aliphatic carbocycles. The van der Waals surface area contributed by atoms with Crippen LogP contribution >= 0.6 is 22.9 Å². The van der Waals surface area contributed by atoms with Gasteiger partial charge in [-0.15, -0.1) is 11.3 Å². The van der Waals surface area contributed by atoms with Crippen LogP contribution in [-0.2, 0) is 22.5 Å². The molecule has 9 heteroatoms. The summed E-state index contributed by atoms with van der Waals surface area (Å²) in [5, 5.41) is 3.86. The minimum Gasteiger partial charge on any atom is -0.462 e. The quantitative estimate of drug-likeness (QED) is 0.617. The molecule has 28 heavy (non-hydrogen) atoms. The third-order valence-corrected chi connectivity index (χ3v) is 5.41. The first kappa shape index (κ1) is 20.0. The zero-order valence-electron chi connectivity index (χ0n) is 15.3. The van der Waals surface area contributed by atoms with Gasteiger partial charge in [0, 0.05) is 9.90 Å². The average Bonchev–Trinajstić information content (AvgIpc) is 3.07. The van der Waals surface area contributed by atoms with Crippen LogP contribution in [0.4, 0.5) is 5.00 Å². The lowest BCUT2D eigenvalue weighted by Gasteiger charge is -2.08. The highest BCUT2D eigenvalue weighted by atomic mass is 35.5. The molecule has 3 rings (SSSR count). The highest BCUT2D eigenvalue weighted by molar-refractivity contribution is 7.16. The lowest BCUT2D eigenvalue weighted by atomic mass is 10.2. The Morgan fingerprint density at radius 1 is 1.29 bits per heavy atom. The fourth-order valence-corrected chi connectivity index (χ4v) is 3.81. The molecular formula is C19H18ClN3O4S. The molecule has 2 aromatic heterocycles. The van der Waals surface area contributed by atoms with Gasteiger partial charge in [-0.25, -0.2) is 9.78 Å². The number of amides is 1. The first-order chi connectivity index (χ1) is 13.4. The predicted octanol–water partition coefficient (Wildman–Crippen LogP) is 3.49. The van der Waals surface area contributed by atoms with E-state index in [-0.39, 0.29) is 18.7 Å². The topological polar surface area (TPSA) is 90.3 Å². The van der Waals surface area contributed by atoms with Gasteiger partial charge < -0.3 is 10.1 Å². The molecule has 0 radical (unpaired) electrons. The second-order valence-electron chi connectivity index (χ2n) is 5.92. The lowest BCUT2D eigenvalue weighted by Crippen LogP contribution is -2.28. The highest BCUT2D eigenvalue weighted by Gasteiger charge is 2.19. The van der Waals surface area contributed by atoms with Crippen molar-refractivity contribution in [3.8, 4) is 0 Å². The molecule has 3 aromatic rings. The third kappa shape index (κ3) is 4.23. The number of rotatable bonds is 6. The highest BCUT2D eigenvalue weighted by Crippen LogP contribution is 2.29. The van der Waals surface area contributed by atoms with Crippen LogP contribution in [0.1, 0.15) is 29.1 Å². The lowest BCUT2D eigenvalue weighted by molar-refractivity contribution is -0.116. The van der Waals surface area contributed by atoms with E-state index in [1.807, 2.05) is 6.92 Å². The van der Waals surface area contributed by atoms with Crippen molar-refractivity contribution >= 4 is 50.7 Å². The maximum atomic E-state index is 12.6. The summed E-state index contributed by atoms with van der Waals surface area (Å²) in [5.41, 5.74) is 0.447. The van der Waals surface area contributed by atoms with Gasteiger partial charge in [0.05, 0.1) is 29.4 Å². The Hall–Kier alpha value is -2.71. The number of esters is 1. The number of carbonyl (C=O) groups excluding carboxylic acids is 2. The monoisotopic (exact) mass is 419 g/mol. The number of benzene rings is 1. The molecule has 7 nitrogen and oxygen atoms in total. The summed E-state index contributed by atoms with van der Waals surface area (Å²) in [6.07, 6.45) is 2.04. The number of anilines is 1. The van der Waals surface area contributed by atoms with Gasteiger partial charge in [-0.2, -0.15) is 0 Å². The van der Waals surface area contributed by atoms with Crippen LogP contribution < -0.4 is 10.9 Å². The summed E-state index contributed by atoms with van der Waals surface area (Å²) < 4.78 is 6.24. The average molecular weight is 420 g/mol. The third-order valence-electron chi connectivity index (χ3n) is 3.98. The van der Waals surface area contributed by atoms with Crippen molar-refractivity contribution in [1.29, 1.82) is 0 Å². The van der Waals surface area contributed by atoms with Crippen molar-refractivity contribution in [1.82, 2.24) is 9.55 Å². The molecule has 0 saturated carbocycles. The second-order valence-corrected chi connectivity index (χ2v) is 7.49. The zero-order chi connectivity index (χ0) is 20.3. The smallest absolute Gasteiger partial charge is 0.341 e. The molecule has 146 valence electrons. The first-order valence-electron chi connectivity index (χ1n) is 8.67. The molecule has 0 unspecified atom stereocenters. The van der Waals surface area contributed by atoms with Gasteiger partial charge in [-0.05, 0) is 37.6 Å². The first-order valence-corrected chi connectivity index (χ1v) is 9.86. The van der Waals surface area contributed by atoms with Crippen LogP contribution in [0.5, 0.6) is 0 Å². The number of nitrogens with zero attached hydrogens (tertiary/aromatic N) is 2. The SMILES string of the molecule is CCOC(=O)c1cc(CC)sc1NC(=O)Cn1cnc2ccc(Cl)cc2c1=O. The fourth-order valence-electron chi connectivity index (χ4n) is 2.63. The van der Waals surface area contributed by atoms with Crippen molar-refractivity contribution in [3.63, 3.8) is 0 Å². The van der Waals surface area contributed by atoms with E-state index in [2.05, 4.69) is 10.3 Å².